The van der Waals surface area contributed by atoms with E-state index in [-0.39, 0.29) is 5.56 Å². The van der Waals surface area contributed by atoms with Gasteiger partial charge in [0.1, 0.15) is 5.65 Å². The van der Waals surface area contributed by atoms with Crippen LogP contribution in [0.15, 0.2) is 47.4 Å². The van der Waals surface area contributed by atoms with E-state index in [9.17, 15) is 4.79 Å². The predicted octanol–water partition coefficient (Wildman–Crippen LogP) is 5.32. The van der Waals surface area contributed by atoms with Crippen molar-refractivity contribution < 1.29 is 9.47 Å². The number of hydrogen-bond acceptors (Lipinski definition) is 4. The standard InChI is InChI=1S/C23H25ClN2O3/c1-4-6-12-29-20-10-9-17(14-21(20)28-5-2)13-18(24)19-15-22(27)26-11-7-8-16(3)23(26)25-19/h7-11,13-15H,4-6,12H2,1-3H3/b18-13-. The highest BCUT2D eigenvalue weighted by molar-refractivity contribution is 6.51. The molecule has 0 atom stereocenters. The predicted molar refractivity (Wildman–Crippen MR) is 118 cm³/mol. The summed E-state index contributed by atoms with van der Waals surface area (Å²) in [5, 5.41) is 0.384. The molecule has 5 nitrogen and oxygen atoms in total. The average Bonchev–Trinajstić information content (AvgIpc) is 2.70. The third-order valence-corrected chi connectivity index (χ3v) is 4.75. The lowest BCUT2D eigenvalue weighted by molar-refractivity contribution is 0.272. The minimum absolute atomic E-state index is 0.171. The number of pyridine rings is 1. The number of rotatable bonds is 8. The number of benzene rings is 1. The topological polar surface area (TPSA) is 52.8 Å². The van der Waals surface area contributed by atoms with E-state index in [0.29, 0.717) is 41.1 Å². The van der Waals surface area contributed by atoms with Crippen LogP contribution in [-0.4, -0.2) is 22.6 Å². The van der Waals surface area contributed by atoms with Gasteiger partial charge in [-0.15, -0.1) is 0 Å². The Morgan fingerprint density at radius 2 is 2.00 bits per heavy atom. The van der Waals surface area contributed by atoms with Crippen LogP contribution in [0.5, 0.6) is 11.5 Å². The molecule has 0 bridgehead atoms. The van der Waals surface area contributed by atoms with Gasteiger partial charge in [-0.1, -0.05) is 37.1 Å². The first kappa shape index (κ1) is 20.9. The number of nitrogens with zero attached hydrogens (tertiary/aromatic N) is 2. The highest BCUT2D eigenvalue weighted by Gasteiger charge is 2.10. The van der Waals surface area contributed by atoms with Gasteiger partial charge in [0.05, 0.1) is 23.9 Å². The summed E-state index contributed by atoms with van der Waals surface area (Å²) in [6.07, 6.45) is 5.53. The van der Waals surface area contributed by atoms with Crippen molar-refractivity contribution in [1.29, 1.82) is 0 Å². The van der Waals surface area contributed by atoms with Crippen molar-refractivity contribution in [2.45, 2.75) is 33.6 Å². The maximum Gasteiger partial charge on any atom is 0.258 e. The Bertz CT molecular complexity index is 1090. The van der Waals surface area contributed by atoms with Crippen LogP contribution in [0.1, 0.15) is 43.5 Å². The van der Waals surface area contributed by atoms with Gasteiger partial charge in [0, 0.05) is 12.3 Å². The van der Waals surface area contributed by atoms with Crippen molar-refractivity contribution in [2.75, 3.05) is 13.2 Å². The molecule has 3 rings (SSSR count). The number of ether oxygens (including phenoxy) is 2. The minimum atomic E-state index is -0.171. The molecular weight excluding hydrogens is 388 g/mol. The Hall–Kier alpha value is -2.79. The molecule has 0 amide bonds. The first-order chi connectivity index (χ1) is 14.0. The van der Waals surface area contributed by atoms with Gasteiger partial charge in [0.25, 0.3) is 5.56 Å². The van der Waals surface area contributed by atoms with E-state index in [1.165, 1.54) is 10.5 Å². The lowest BCUT2D eigenvalue weighted by atomic mass is 10.1. The summed E-state index contributed by atoms with van der Waals surface area (Å²) in [6.45, 7) is 7.15. The van der Waals surface area contributed by atoms with Crippen molar-refractivity contribution in [3.63, 3.8) is 0 Å². The molecule has 0 spiro atoms. The summed E-state index contributed by atoms with van der Waals surface area (Å²) in [5.41, 5.74) is 2.61. The molecule has 0 aliphatic heterocycles. The number of aryl methyl sites for hydroxylation is 1. The van der Waals surface area contributed by atoms with Crippen LogP contribution in [0.4, 0.5) is 0 Å². The second kappa shape index (κ2) is 9.61. The number of hydrogen-bond donors (Lipinski definition) is 0. The minimum Gasteiger partial charge on any atom is -0.490 e. The molecule has 2 aromatic heterocycles. The van der Waals surface area contributed by atoms with E-state index in [1.54, 1.807) is 12.3 Å². The highest BCUT2D eigenvalue weighted by atomic mass is 35.5. The van der Waals surface area contributed by atoms with Crippen LogP contribution in [0.3, 0.4) is 0 Å². The molecule has 2 heterocycles. The van der Waals surface area contributed by atoms with Gasteiger partial charge in [-0.05, 0) is 55.7 Å². The molecule has 0 saturated heterocycles. The van der Waals surface area contributed by atoms with Crippen molar-refractivity contribution >= 4 is 28.4 Å². The van der Waals surface area contributed by atoms with Gasteiger partial charge in [-0.2, -0.15) is 0 Å². The Balaban J connectivity index is 1.95. The smallest absolute Gasteiger partial charge is 0.258 e. The fourth-order valence-corrected chi connectivity index (χ4v) is 3.16. The van der Waals surface area contributed by atoms with Gasteiger partial charge in [0.2, 0.25) is 0 Å². The van der Waals surface area contributed by atoms with Crippen molar-refractivity contribution in [2.24, 2.45) is 0 Å². The van der Waals surface area contributed by atoms with Gasteiger partial charge in [-0.3, -0.25) is 9.20 Å². The van der Waals surface area contributed by atoms with Gasteiger partial charge in [-0.25, -0.2) is 4.98 Å². The average molecular weight is 413 g/mol. The first-order valence-electron chi connectivity index (χ1n) is 9.79. The molecule has 0 N–H and O–H groups in total. The molecule has 6 heteroatoms. The second-order valence-corrected chi connectivity index (χ2v) is 7.11. The van der Waals surface area contributed by atoms with Crippen molar-refractivity contribution in [3.05, 3.63) is 69.8 Å². The van der Waals surface area contributed by atoms with Crippen LogP contribution in [0, 0.1) is 6.92 Å². The number of aromatic nitrogens is 2. The zero-order valence-corrected chi connectivity index (χ0v) is 17.7. The molecule has 152 valence electrons. The van der Waals surface area contributed by atoms with Crippen LogP contribution >= 0.6 is 11.6 Å². The van der Waals surface area contributed by atoms with Gasteiger partial charge >= 0.3 is 0 Å². The largest absolute Gasteiger partial charge is 0.490 e. The molecule has 0 saturated carbocycles. The monoisotopic (exact) mass is 412 g/mol. The van der Waals surface area contributed by atoms with Crippen LogP contribution < -0.4 is 15.0 Å². The Labute approximate surface area is 175 Å². The quantitative estimate of drug-likeness (QED) is 0.470. The summed E-state index contributed by atoms with van der Waals surface area (Å²) in [7, 11) is 0. The second-order valence-electron chi connectivity index (χ2n) is 6.70. The Morgan fingerprint density at radius 3 is 2.76 bits per heavy atom. The Morgan fingerprint density at radius 1 is 1.17 bits per heavy atom. The van der Waals surface area contributed by atoms with E-state index in [4.69, 9.17) is 21.1 Å². The molecule has 0 aliphatic rings. The van der Waals surface area contributed by atoms with Crippen LogP contribution in [0.25, 0.3) is 16.8 Å². The number of halogens is 1. The highest BCUT2D eigenvalue weighted by Crippen LogP contribution is 2.31. The summed E-state index contributed by atoms with van der Waals surface area (Å²) >= 11 is 6.52. The summed E-state index contributed by atoms with van der Waals surface area (Å²) in [5.74, 6) is 1.38. The molecule has 0 radical (unpaired) electrons. The summed E-state index contributed by atoms with van der Waals surface area (Å²) in [4.78, 5) is 17.0. The molecule has 3 aromatic rings. The van der Waals surface area contributed by atoms with Crippen LogP contribution in [-0.2, 0) is 0 Å². The fraction of sp³-hybridized carbons (Fsp3) is 0.304. The van der Waals surface area contributed by atoms with E-state index in [1.807, 2.05) is 44.2 Å². The molecule has 0 fully saturated rings. The van der Waals surface area contributed by atoms with E-state index in [2.05, 4.69) is 11.9 Å². The molecule has 0 aliphatic carbocycles. The lowest BCUT2D eigenvalue weighted by Gasteiger charge is -2.12. The SMILES string of the molecule is CCCCOc1ccc(/C=C(\Cl)c2cc(=O)n3cccc(C)c3n2)cc1OCC. The van der Waals surface area contributed by atoms with E-state index in [0.717, 1.165) is 24.0 Å². The fourth-order valence-electron chi connectivity index (χ4n) is 2.93. The molecular formula is C23H25ClN2O3. The van der Waals surface area contributed by atoms with E-state index < -0.39 is 0 Å². The van der Waals surface area contributed by atoms with Crippen LogP contribution in [0.2, 0.25) is 0 Å². The number of fused-ring (bicyclic) bond motifs is 1. The molecule has 0 unspecified atom stereocenters. The maximum atomic E-state index is 12.4. The maximum absolute atomic E-state index is 12.4. The Kier molecular flexibility index (Phi) is 6.94. The van der Waals surface area contributed by atoms with Gasteiger partial charge in [0.15, 0.2) is 11.5 Å². The third-order valence-electron chi connectivity index (χ3n) is 4.45. The first-order valence-corrected chi connectivity index (χ1v) is 10.2. The zero-order chi connectivity index (χ0) is 20.8. The molecule has 1 aromatic carbocycles. The van der Waals surface area contributed by atoms with Crippen molar-refractivity contribution in [3.8, 4) is 11.5 Å². The van der Waals surface area contributed by atoms with Crippen molar-refractivity contribution in [1.82, 2.24) is 9.38 Å². The van der Waals surface area contributed by atoms with E-state index >= 15 is 0 Å². The van der Waals surface area contributed by atoms with Gasteiger partial charge < -0.3 is 9.47 Å². The lowest BCUT2D eigenvalue weighted by Crippen LogP contribution is -2.15. The summed E-state index contributed by atoms with van der Waals surface area (Å²) in [6, 6.07) is 10.8. The third kappa shape index (κ3) is 4.98. The number of unbranched alkanes of at least 4 members (excludes halogenated alkanes) is 1. The normalized spacial score (nSPS) is 11.7. The molecule has 29 heavy (non-hydrogen) atoms. The zero-order valence-electron chi connectivity index (χ0n) is 16.9. The summed E-state index contributed by atoms with van der Waals surface area (Å²) < 4.78 is 13.1.